The Labute approximate surface area is 103 Å². The molecule has 0 saturated heterocycles. The van der Waals surface area contributed by atoms with E-state index in [1.165, 1.54) is 51.4 Å². The van der Waals surface area contributed by atoms with Gasteiger partial charge in [-0.2, -0.15) is 0 Å². The SMILES string of the molecule is C1CCC(SSSSC2CCCC2)C1. The summed E-state index contributed by atoms with van der Waals surface area (Å²) in [5.74, 6) is 0. The van der Waals surface area contributed by atoms with Crippen molar-refractivity contribution >= 4 is 41.2 Å². The van der Waals surface area contributed by atoms with Crippen LogP contribution in [0.5, 0.6) is 0 Å². The van der Waals surface area contributed by atoms with E-state index in [-0.39, 0.29) is 0 Å². The number of hydrogen-bond donors (Lipinski definition) is 0. The molecule has 2 aliphatic carbocycles. The summed E-state index contributed by atoms with van der Waals surface area (Å²) in [6.45, 7) is 0. The van der Waals surface area contributed by atoms with Crippen LogP contribution in [-0.4, -0.2) is 10.5 Å². The van der Waals surface area contributed by atoms with Gasteiger partial charge in [0.1, 0.15) is 0 Å². The minimum atomic E-state index is 0.969. The fourth-order valence-electron chi connectivity index (χ4n) is 2.11. The Morgan fingerprint density at radius 1 is 0.571 bits per heavy atom. The van der Waals surface area contributed by atoms with Gasteiger partial charge in [0.25, 0.3) is 0 Å². The van der Waals surface area contributed by atoms with E-state index in [0.717, 1.165) is 10.5 Å². The van der Waals surface area contributed by atoms with Gasteiger partial charge in [0.15, 0.2) is 0 Å². The highest BCUT2D eigenvalue weighted by Gasteiger charge is 2.18. The van der Waals surface area contributed by atoms with Crippen molar-refractivity contribution < 1.29 is 0 Å². The van der Waals surface area contributed by atoms with Crippen LogP contribution in [0.15, 0.2) is 0 Å². The Hall–Kier alpha value is 1.40. The minimum Gasteiger partial charge on any atom is -0.0783 e. The molecule has 0 bridgehead atoms. The first kappa shape index (κ1) is 11.9. The van der Waals surface area contributed by atoms with Gasteiger partial charge in [0, 0.05) is 10.5 Å². The number of hydrogen-bond acceptors (Lipinski definition) is 4. The van der Waals surface area contributed by atoms with Gasteiger partial charge < -0.3 is 0 Å². The van der Waals surface area contributed by atoms with Gasteiger partial charge in [-0.15, -0.1) is 0 Å². The smallest absolute Gasteiger partial charge is 0.0159 e. The Kier molecular flexibility index (Phi) is 5.83. The van der Waals surface area contributed by atoms with Crippen molar-refractivity contribution in [1.29, 1.82) is 0 Å². The summed E-state index contributed by atoms with van der Waals surface area (Å²) >= 11 is 0. The lowest BCUT2D eigenvalue weighted by Gasteiger charge is -2.08. The zero-order valence-corrected chi connectivity index (χ0v) is 11.7. The Balaban J connectivity index is 1.46. The van der Waals surface area contributed by atoms with E-state index in [9.17, 15) is 0 Å². The molecule has 0 aliphatic heterocycles. The molecule has 0 aromatic heterocycles. The third-order valence-electron chi connectivity index (χ3n) is 2.98. The molecule has 0 unspecified atom stereocenters. The molecule has 2 fully saturated rings. The highest BCUT2D eigenvalue weighted by atomic mass is 33.7. The van der Waals surface area contributed by atoms with Crippen molar-refractivity contribution in [3.05, 3.63) is 0 Å². The topological polar surface area (TPSA) is 0 Å². The molecule has 0 amide bonds. The molecule has 0 radical (unpaired) electrons. The predicted octanol–water partition coefficient (Wildman–Crippen LogP) is 5.55. The molecule has 0 aromatic rings. The van der Waals surface area contributed by atoms with Crippen LogP contribution in [-0.2, 0) is 0 Å². The molecule has 14 heavy (non-hydrogen) atoms. The lowest BCUT2D eigenvalue weighted by atomic mass is 10.4. The lowest BCUT2D eigenvalue weighted by Crippen LogP contribution is -1.90. The van der Waals surface area contributed by atoms with Gasteiger partial charge in [-0.25, -0.2) is 0 Å². The van der Waals surface area contributed by atoms with Gasteiger partial charge in [0.05, 0.1) is 0 Å². The minimum absolute atomic E-state index is 0.969. The van der Waals surface area contributed by atoms with E-state index in [1.54, 1.807) is 0 Å². The van der Waals surface area contributed by atoms with Crippen molar-refractivity contribution in [3.8, 4) is 0 Å². The van der Waals surface area contributed by atoms with Crippen LogP contribution in [0.2, 0.25) is 0 Å². The average molecular weight is 267 g/mol. The predicted molar refractivity (Wildman–Crippen MR) is 74.9 cm³/mol. The summed E-state index contributed by atoms with van der Waals surface area (Å²) in [6, 6.07) is 0. The highest BCUT2D eigenvalue weighted by Crippen LogP contribution is 2.51. The third-order valence-corrected chi connectivity index (χ3v) is 10.4. The van der Waals surface area contributed by atoms with Gasteiger partial charge in [-0.1, -0.05) is 47.3 Å². The molecule has 0 spiro atoms. The van der Waals surface area contributed by atoms with Crippen LogP contribution >= 0.6 is 41.2 Å². The second-order valence-corrected chi connectivity index (χ2v) is 10.6. The van der Waals surface area contributed by atoms with Gasteiger partial charge in [-0.3, -0.25) is 0 Å². The van der Waals surface area contributed by atoms with E-state index in [1.807, 2.05) is 19.7 Å². The van der Waals surface area contributed by atoms with E-state index in [4.69, 9.17) is 0 Å². The summed E-state index contributed by atoms with van der Waals surface area (Å²) in [5.41, 5.74) is 0. The third kappa shape index (κ3) is 4.11. The lowest BCUT2D eigenvalue weighted by molar-refractivity contribution is 0.886. The van der Waals surface area contributed by atoms with Crippen molar-refractivity contribution in [1.82, 2.24) is 0 Å². The van der Waals surface area contributed by atoms with Crippen LogP contribution in [0, 0.1) is 0 Å². The summed E-state index contributed by atoms with van der Waals surface area (Å²) in [7, 11) is 8.32. The maximum atomic E-state index is 2.13. The van der Waals surface area contributed by atoms with Crippen LogP contribution in [0.1, 0.15) is 51.4 Å². The maximum absolute atomic E-state index is 2.13. The fraction of sp³-hybridized carbons (Fsp3) is 1.00. The molecule has 0 nitrogen and oxygen atoms in total. The van der Waals surface area contributed by atoms with E-state index < -0.39 is 0 Å². The van der Waals surface area contributed by atoms with Gasteiger partial charge in [0.2, 0.25) is 0 Å². The van der Waals surface area contributed by atoms with Crippen molar-refractivity contribution in [2.75, 3.05) is 0 Å². The Bertz CT molecular complexity index is 132. The van der Waals surface area contributed by atoms with Gasteiger partial charge in [-0.05, 0) is 45.3 Å². The van der Waals surface area contributed by atoms with Crippen LogP contribution in [0.3, 0.4) is 0 Å². The first-order valence-corrected chi connectivity index (χ1v) is 10.5. The quantitative estimate of drug-likeness (QED) is 0.472. The molecule has 0 N–H and O–H groups in total. The van der Waals surface area contributed by atoms with E-state index in [2.05, 4.69) is 21.6 Å². The first-order valence-electron chi connectivity index (χ1n) is 5.60. The molecule has 2 saturated carbocycles. The molecule has 0 aromatic carbocycles. The standard InChI is InChI=1S/C10H18S4/c1-2-6-9(5-1)11-13-14-12-10-7-3-4-8-10/h9-10H,1-8H2. The van der Waals surface area contributed by atoms with Crippen molar-refractivity contribution in [3.63, 3.8) is 0 Å². The highest BCUT2D eigenvalue weighted by molar-refractivity contribution is 9.26. The van der Waals surface area contributed by atoms with Crippen LogP contribution < -0.4 is 0 Å². The van der Waals surface area contributed by atoms with Gasteiger partial charge >= 0.3 is 0 Å². The second kappa shape index (κ2) is 6.87. The zero-order chi connectivity index (χ0) is 9.64. The monoisotopic (exact) mass is 266 g/mol. The maximum Gasteiger partial charge on any atom is 0.0159 e. The molecule has 2 rings (SSSR count). The van der Waals surface area contributed by atoms with Crippen LogP contribution in [0.25, 0.3) is 0 Å². The summed E-state index contributed by atoms with van der Waals surface area (Å²) in [6.07, 6.45) is 11.7. The summed E-state index contributed by atoms with van der Waals surface area (Å²) in [5, 5.41) is 1.94. The normalized spacial score (nSPS) is 24.9. The molecular formula is C10H18S4. The molecule has 0 heterocycles. The van der Waals surface area contributed by atoms with E-state index in [0.29, 0.717) is 0 Å². The Morgan fingerprint density at radius 3 is 1.29 bits per heavy atom. The van der Waals surface area contributed by atoms with Crippen molar-refractivity contribution in [2.24, 2.45) is 0 Å². The second-order valence-electron chi connectivity index (χ2n) is 4.14. The molecule has 0 atom stereocenters. The average Bonchev–Trinajstić information content (AvgIpc) is 2.86. The number of rotatable bonds is 5. The Morgan fingerprint density at radius 2 is 0.929 bits per heavy atom. The molecule has 2 aliphatic rings. The fourth-order valence-corrected chi connectivity index (χ4v) is 9.77. The van der Waals surface area contributed by atoms with Crippen LogP contribution in [0.4, 0.5) is 0 Å². The zero-order valence-electron chi connectivity index (χ0n) is 8.44. The van der Waals surface area contributed by atoms with Crippen molar-refractivity contribution in [2.45, 2.75) is 61.9 Å². The first-order chi connectivity index (χ1) is 6.95. The summed E-state index contributed by atoms with van der Waals surface area (Å²) < 4.78 is 0. The molecule has 82 valence electrons. The van der Waals surface area contributed by atoms with E-state index >= 15 is 0 Å². The molecular weight excluding hydrogens is 248 g/mol. The summed E-state index contributed by atoms with van der Waals surface area (Å²) in [4.78, 5) is 0. The molecule has 4 heteroatoms. The largest absolute Gasteiger partial charge is 0.0783 e.